The second-order valence-corrected chi connectivity index (χ2v) is 7.58. The molecule has 5 nitrogen and oxygen atoms in total. The van der Waals surface area contributed by atoms with Gasteiger partial charge in [0.2, 0.25) is 11.8 Å². The van der Waals surface area contributed by atoms with Gasteiger partial charge in [0.15, 0.2) is 0 Å². The molecular formula is C26H26N2O3. The lowest BCUT2D eigenvalue weighted by atomic mass is 10.1. The number of rotatable bonds is 7. The van der Waals surface area contributed by atoms with Crippen molar-refractivity contribution in [2.75, 3.05) is 18.1 Å². The first-order valence-electron chi connectivity index (χ1n) is 10.6. The monoisotopic (exact) mass is 414 g/mol. The minimum absolute atomic E-state index is 0.0254. The Kier molecular flexibility index (Phi) is 6.62. The van der Waals surface area contributed by atoms with Crippen molar-refractivity contribution in [2.24, 2.45) is 0 Å². The van der Waals surface area contributed by atoms with E-state index >= 15 is 0 Å². The topological polar surface area (TPSA) is 49.9 Å². The summed E-state index contributed by atoms with van der Waals surface area (Å²) in [6, 6.07) is 27.4. The second-order valence-electron chi connectivity index (χ2n) is 7.58. The lowest BCUT2D eigenvalue weighted by molar-refractivity contribution is -0.134. The minimum atomic E-state index is -0.0523. The quantitative estimate of drug-likeness (QED) is 0.575. The van der Waals surface area contributed by atoms with E-state index in [0.29, 0.717) is 32.0 Å². The van der Waals surface area contributed by atoms with Gasteiger partial charge in [-0.2, -0.15) is 0 Å². The molecule has 1 heterocycles. The van der Waals surface area contributed by atoms with Crippen LogP contribution in [0.5, 0.6) is 5.75 Å². The van der Waals surface area contributed by atoms with Crippen LogP contribution in [0.3, 0.4) is 0 Å². The van der Waals surface area contributed by atoms with E-state index in [-0.39, 0.29) is 24.7 Å². The summed E-state index contributed by atoms with van der Waals surface area (Å²) in [5, 5.41) is 0. The standard InChI is InChI=1S/C26H26N2O3/c29-25(15-16-26(30)28-17-18-31-24-14-8-7-13-23(24)28)27(19-21-9-3-1-4-10-21)20-22-11-5-2-6-12-22/h1-14H,15-20H2. The number of carbonyl (C=O) groups excluding carboxylic acids is 2. The average molecular weight is 415 g/mol. The van der Waals surface area contributed by atoms with E-state index in [4.69, 9.17) is 4.74 Å². The molecule has 3 aromatic carbocycles. The molecule has 0 saturated heterocycles. The Hall–Kier alpha value is -3.60. The van der Waals surface area contributed by atoms with Gasteiger partial charge in [-0.25, -0.2) is 0 Å². The molecule has 0 atom stereocenters. The molecule has 0 unspecified atom stereocenters. The Labute approximate surface area is 182 Å². The van der Waals surface area contributed by atoms with Crippen molar-refractivity contribution in [1.29, 1.82) is 0 Å². The molecule has 31 heavy (non-hydrogen) atoms. The zero-order valence-electron chi connectivity index (χ0n) is 17.4. The third-order valence-corrected chi connectivity index (χ3v) is 5.37. The summed E-state index contributed by atoms with van der Waals surface area (Å²) in [7, 11) is 0. The van der Waals surface area contributed by atoms with E-state index in [1.165, 1.54) is 0 Å². The van der Waals surface area contributed by atoms with Gasteiger partial charge in [-0.3, -0.25) is 9.59 Å². The highest BCUT2D eigenvalue weighted by Crippen LogP contribution is 2.31. The second kappa shape index (κ2) is 9.94. The number of ether oxygens (including phenoxy) is 1. The predicted molar refractivity (Wildman–Crippen MR) is 121 cm³/mol. The van der Waals surface area contributed by atoms with Gasteiger partial charge in [0.05, 0.1) is 12.2 Å². The molecule has 5 heteroatoms. The maximum absolute atomic E-state index is 13.1. The molecule has 1 aliphatic rings. The molecule has 4 rings (SSSR count). The Bertz CT molecular complexity index is 980. The highest BCUT2D eigenvalue weighted by atomic mass is 16.5. The molecule has 2 amide bonds. The Morgan fingerprint density at radius 1 is 0.774 bits per heavy atom. The summed E-state index contributed by atoms with van der Waals surface area (Å²) in [5.41, 5.74) is 2.91. The fourth-order valence-electron chi connectivity index (χ4n) is 3.78. The van der Waals surface area contributed by atoms with Gasteiger partial charge in [-0.15, -0.1) is 0 Å². The molecule has 0 N–H and O–H groups in total. The first-order valence-corrected chi connectivity index (χ1v) is 10.6. The molecular weight excluding hydrogens is 388 g/mol. The maximum Gasteiger partial charge on any atom is 0.227 e. The Morgan fingerprint density at radius 2 is 1.35 bits per heavy atom. The van der Waals surface area contributed by atoms with Crippen molar-refractivity contribution in [2.45, 2.75) is 25.9 Å². The fraction of sp³-hybridized carbons (Fsp3) is 0.231. The molecule has 0 aromatic heterocycles. The number of para-hydroxylation sites is 2. The van der Waals surface area contributed by atoms with Crippen molar-refractivity contribution >= 4 is 17.5 Å². The van der Waals surface area contributed by atoms with E-state index < -0.39 is 0 Å². The molecule has 0 spiro atoms. The zero-order valence-corrected chi connectivity index (χ0v) is 17.4. The van der Waals surface area contributed by atoms with E-state index in [2.05, 4.69) is 0 Å². The van der Waals surface area contributed by atoms with Crippen LogP contribution >= 0.6 is 0 Å². The summed E-state index contributed by atoms with van der Waals surface area (Å²) in [5.74, 6) is 0.634. The highest BCUT2D eigenvalue weighted by molar-refractivity contribution is 5.97. The lowest BCUT2D eigenvalue weighted by Gasteiger charge is -2.30. The van der Waals surface area contributed by atoms with Crippen molar-refractivity contribution in [3.05, 3.63) is 96.1 Å². The number of carbonyl (C=O) groups is 2. The van der Waals surface area contributed by atoms with Gasteiger partial charge >= 0.3 is 0 Å². The molecule has 0 saturated carbocycles. The van der Waals surface area contributed by atoms with Gasteiger partial charge < -0.3 is 14.5 Å². The van der Waals surface area contributed by atoms with Gasteiger partial charge in [0, 0.05) is 25.9 Å². The lowest BCUT2D eigenvalue weighted by Crippen LogP contribution is -2.38. The summed E-state index contributed by atoms with van der Waals surface area (Å²) in [6.45, 7) is 2.00. The number of anilines is 1. The zero-order chi connectivity index (χ0) is 21.5. The van der Waals surface area contributed by atoms with Crippen LogP contribution in [0.4, 0.5) is 5.69 Å². The van der Waals surface area contributed by atoms with Gasteiger partial charge in [0.25, 0.3) is 0 Å². The number of hydrogen-bond donors (Lipinski definition) is 0. The minimum Gasteiger partial charge on any atom is -0.490 e. The first-order chi connectivity index (χ1) is 15.2. The first kappa shape index (κ1) is 20.7. The van der Waals surface area contributed by atoms with Crippen molar-refractivity contribution in [3.63, 3.8) is 0 Å². The third-order valence-electron chi connectivity index (χ3n) is 5.37. The van der Waals surface area contributed by atoms with Gasteiger partial charge in [-0.1, -0.05) is 72.8 Å². The van der Waals surface area contributed by atoms with E-state index in [0.717, 1.165) is 16.8 Å². The number of benzene rings is 3. The predicted octanol–water partition coefficient (Wildman–Crippen LogP) is 4.42. The average Bonchev–Trinajstić information content (AvgIpc) is 2.83. The molecule has 0 aliphatic carbocycles. The normalized spacial score (nSPS) is 12.6. The van der Waals surface area contributed by atoms with Crippen LogP contribution in [-0.2, 0) is 22.7 Å². The van der Waals surface area contributed by atoms with E-state index in [9.17, 15) is 9.59 Å². The van der Waals surface area contributed by atoms with Crippen molar-refractivity contribution < 1.29 is 14.3 Å². The largest absolute Gasteiger partial charge is 0.490 e. The van der Waals surface area contributed by atoms with Crippen LogP contribution < -0.4 is 9.64 Å². The van der Waals surface area contributed by atoms with Crippen molar-refractivity contribution in [1.82, 2.24) is 4.90 Å². The van der Waals surface area contributed by atoms with E-state index in [1.807, 2.05) is 89.8 Å². The summed E-state index contributed by atoms with van der Waals surface area (Å²) >= 11 is 0. The number of fused-ring (bicyclic) bond motifs is 1. The van der Waals surface area contributed by atoms with Crippen LogP contribution in [0.1, 0.15) is 24.0 Å². The van der Waals surface area contributed by atoms with Crippen LogP contribution in [0.2, 0.25) is 0 Å². The maximum atomic E-state index is 13.1. The highest BCUT2D eigenvalue weighted by Gasteiger charge is 2.24. The van der Waals surface area contributed by atoms with Crippen LogP contribution in [0.25, 0.3) is 0 Å². The summed E-state index contributed by atoms with van der Waals surface area (Å²) in [6.07, 6.45) is 0.352. The van der Waals surface area contributed by atoms with E-state index in [1.54, 1.807) is 4.90 Å². The molecule has 0 radical (unpaired) electrons. The Balaban J connectivity index is 1.43. The molecule has 3 aromatic rings. The SMILES string of the molecule is O=C(CCC(=O)N1CCOc2ccccc21)N(Cc1ccccc1)Cc1ccccc1. The van der Waals surface area contributed by atoms with Gasteiger partial charge in [-0.05, 0) is 23.3 Å². The van der Waals surface area contributed by atoms with Crippen LogP contribution in [0.15, 0.2) is 84.9 Å². The molecule has 158 valence electrons. The van der Waals surface area contributed by atoms with Crippen molar-refractivity contribution in [3.8, 4) is 5.75 Å². The molecule has 0 fully saturated rings. The molecule has 1 aliphatic heterocycles. The van der Waals surface area contributed by atoms with Crippen LogP contribution in [0, 0.1) is 0 Å². The third kappa shape index (κ3) is 5.31. The van der Waals surface area contributed by atoms with Crippen LogP contribution in [-0.4, -0.2) is 29.9 Å². The number of nitrogens with zero attached hydrogens (tertiary/aromatic N) is 2. The Morgan fingerprint density at radius 3 is 2.00 bits per heavy atom. The smallest absolute Gasteiger partial charge is 0.227 e. The summed E-state index contributed by atoms with van der Waals surface area (Å²) in [4.78, 5) is 29.6. The molecule has 0 bridgehead atoms. The van der Waals surface area contributed by atoms with Gasteiger partial charge in [0.1, 0.15) is 12.4 Å². The number of amides is 2. The number of hydrogen-bond acceptors (Lipinski definition) is 3. The fourth-order valence-corrected chi connectivity index (χ4v) is 3.78. The summed E-state index contributed by atoms with van der Waals surface area (Å²) < 4.78 is 5.63.